The van der Waals surface area contributed by atoms with Gasteiger partial charge in [-0.2, -0.15) is 0 Å². The molecule has 168 valence electrons. The molecule has 6 unspecified atom stereocenters. The predicted octanol–water partition coefficient (Wildman–Crippen LogP) is 4.35. The second-order valence-corrected chi connectivity index (χ2v) is 11.0. The van der Waals surface area contributed by atoms with Gasteiger partial charge in [0.05, 0.1) is 11.7 Å². The van der Waals surface area contributed by atoms with E-state index in [4.69, 9.17) is 0 Å². The molecule has 0 radical (unpaired) electrons. The Balaban J connectivity index is 0.000000646. The molecule has 5 aliphatic rings. The number of allylic oxidation sites excluding steroid dienone is 3. The van der Waals surface area contributed by atoms with Crippen LogP contribution in [0.15, 0.2) is 42.3 Å². The molecule has 5 aliphatic carbocycles. The third-order valence-corrected chi connectivity index (χ3v) is 9.38. The fourth-order valence-corrected chi connectivity index (χ4v) is 7.96. The zero-order chi connectivity index (χ0) is 21.9. The Morgan fingerprint density at radius 2 is 1.94 bits per heavy atom. The van der Waals surface area contributed by atoms with Crippen molar-refractivity contribution in [2.45, 2.75) is 70.0 Å². The minimum Gasteiger partial charge on any atom is -0.393 e. The normalized spacial score (nSPS) is 44.8. The molecule has 1 aromatic rings. The zero-order valence-electron chi connectivity index (χ0n) is 19.3. The van der Waals surface area contributed by atoms with Crippen molar-refractivity contribution >= 4 is 5.57 Å². The molecule has 31 heavy (non-hydrogen) atoms. The highest BCUT2D eigenvalue weighted by Gasteiger charge is 2.68. The van der Waals surface area contributed by atoms with E-state index < -0.39 is 5.60 Å². The van der Waals surface area contributed by atoms with Gasteiger partial charge in [0, 0.05) is 23.7 Å². The highest BCUT2D eigenvalue weighted by molar-refractivity contribution is 5.73. The second-order valence-electron chi connectivity index (χ2n) is 11.0. The first-order chi connectivity index (χ1) is 14.9. The van der Waals surface area contributed by atoms with E-state index in [0.29, 0.717) is 17.3 Å². The number of aliphatic hydroxyl groups excluding tert-OH is 1. The number of nitrogens with zero attached hydrogens (tertiary/aromatic N) is 1. The summed E-state index contributed by atoms with van der Waals surface area (Å²) >= 11 is 0. The summed E-state index contributed by atoms with van der Waals surface area (Å²) in [6.07, 6.45) is 16.7. The summed E-state index contributed by atoms with van der Waals surface area (Å²) in [6, 6.07) is 4.18. The van der Waals surface area contributed by atoms with Gasteiger partial charge in [-0.15, -0.1) is 0 Å². The maximum Gasteiger partial charge on any atom is 0.0899 e. The highest BCUT2D eigenvalue weighted by atomic mass is 16.3. The van der Waals surface area contributed by atoms with E-state index >= 15 is 0 Å². The van der Waals surface area contributed by atoms with Crippen molar-refractivity contribution in [3.63, 3.8) is 0 Å². The van der Waals surface area contributed by atoms with Crippen molar-refractivity contribution in [3.8, 4) is 0 Å². The van der Waals surface area contributed by atoms with E-state index in [1.54, 1.807) is 0 Å². The summed E-state index contributed by atoms with van der Waals surface area (Å²) in [7, 11) is 3.75. The molecule has 1 heterocycles. The van der Waals surface area contributed by atoms with Gasteiger partial charge in [0.2, 0.25) is 0 Å². The van der Waals surface area contributed by atoms with Crippen molar-refractivity contribution in [1.82, 2.24) is 10.3 Å². The fourth-order valence-electron chi connectivity index (χ4n) is 7.96. The average molecular weight is 423 g/mol. The van der Waals surface area contributed by atoms with E-state index in [1.165, 1.54) is 23.1 Å². The number of rotatable bonds is 1. The van der Waals surface area contributed by atoms with Crippen molar-refractivity contribution < 1.29 is 10.2 Å². The first kappa shape index (κ1) is 21.4. The van der Waals surface area contributed by atoms with Crippen LogP contribution in [-0.2, 0) is 0 Å². The van der Waals surface area contributed by atoms with E-state index in [2.05, 4.69) is 35.4 Å². The first-order valence-corrected chi connectivity index (χ1v) is 12.2. The van der Waals surface area contributed by atoms with Crippen molar-refractivity contribution in [2.75, 3.05) is 14.1 Å². The van der Waals surface area contributed by atoms with Gasteiger partial charge in [0.15, 0.2) is 0 Å². The molecular formula is C27H38N2O2. The van der Waals surface area contributed by atoms with Crippen LogP contribution < -0.4 is 5.32 Å². The number of fused-ring (bicyclic) bond motifs is 4. The van der Waals surface area contributed by atoms with Crippen LogP contribution in [0.2, 0.25) is 0 Å². The van der Waals surface area contributed by atoms with Gasteiger partial charge in [-0.05, 0) is 105 Å². The second kappa shape index (κ2) is 7.54. The maximum atomic E-state index is 12.2. The van der Waals surface area contributed by atoms with E-state index in [0.717, 1.165) is 44.9 Å². The fraction of sp³-hybridized carbons (Fsp3) is 0.667. The Hall–Kier alpha value is -1.49. The molecule has 0 amide bonds. The van der Waals surface area contributed by atoms with Gasteiger partial charge in [-0.1, -0.05) is 25.1 Å². The minimum absolute atomic E-state index is 0.0155. The molecule has 0 aromatic carbocycles. The van der Waals surface area contributed by atoms with E-state index in [1.807, 2.05) is 32.6 Å². The summed E-state index contributed by atoms with van der Waals surface area (Å²) in [5, 5.41) is 25.3. The molecule has 1 aromatic heterocycles. The largest absolute Gasteiger partial charge is 0.393 e. The van der Waals surface area contributed by atoms with Crippen molar-refractivity contribution in [1.29, 1.82) is 0 Å². The summed E-state index contributed by atoms with van der Waals surface area (Å²) < 4.78 is 0. The van der Waals surface area contributed by atoms with E-state index in [-0.39, 0.29) is 17.4 Å². The molecular weight excluding hydrogens is 384 g/mol. The molecule has 6 rings (SSSR count). The monoisotopic (exact) mass is 422 g/mol. The Morgan fingerprint density at radius 1 is 1.13 bits per heavy atom. The molecule has 0 saturated heterocycles. The van der Waals surface area contributed by atoms with E-state index in [9.17, 15) is 10.2 Å². The average Bonchev–Trinajstić information content (AvgIpc) is 3.32. The van der Waals surface area contributed by atoms with Crippen LogP contribution >= 0.6 is 0 Å². The third-order valence-electron chi connectivity index (χ3n) is 9.38. The lowest BCUT2D eigenvalue weighted by molar-refractivity contribution is -0.0389. The summed E-state index contributed by atoms with van der Waals surface area (Å²) in [4.78, 5) is 4.34. The first-order valence-electron chi connectivity index (χ1n) is 12.2. The van der Waals surface area contributed by atoms with Crippen LogP contribution in [0, 0.1) is 28.6 Å². The van der Waals surface area contributed by atoms with Gasteiger partial charge < -0.3 is 15.5 Å². The highest BCUT2D eigenvalue weighted by Crippen LogP contribution is 2.74. The molecule has 3 fully saturated rings. The van der Waals surface area contributed by atoms with Crippen molar-refractivity contribution in [2.24, 2.45) is 28.6 Å². The summed E-state index contributed by atoms with van der Waals surface area (Å²) in [6.45, 7) is 2.36. The molecule has 0 aliphatic heterocycles. The number of aromatic nitrogens is 1. The lowest BCUT2D eigenvalue weighted by atomic mass is 9.58. The van der Waals surface area contributed by atoms with Crippen LogP contribution in [0.4, 0.5) is 0 Å². The predicted molar refractivity (Wildman–Crippen MR) is 124 cm³/mol. The number of pyridine rings is 1. The zero-order valence-corrected chi connectivity index (χ0v) is 19.3. The molecule has 7 atom stereocenters. The Bertz CT molecular complexity index is 896. The SMILES string of the molecule is CC12CC=C3C4CC45CC(O)CCC5CC[C@]3(O)C1CC=C2c1cccnc1.CNC. The van der Waals surface area contributed by atoms with Crippen molar-refractivity contribution in [3.05, 3.63) is 47.8 Å². The maximum absolute atomic E-state index is 12.2. The standard InChI is InChI=1S/C25H31NO2.C2H7N/c1-23-10-9-20-21-14-24(21)13-18(27)5-4-17(24)8-11-25(20,28)22(23)7-6-19(23)16-3-2-12-26-15-16;1-3-2/h2-3,6,9,12,15,17-18,21-22,27-28H,4-5,7-8,10-11,13-14H2,1H3;3H,1-2H3/t17?,18?,21?,22?,23?,24?,25-;/m1./s1. The Morgan fingerprint density at radius 3 is 2.68 bits per heavy atom. The van der Waals surface area contributed by atoms with Gasteiger partial charge >= 0.3 is 0 Å². The van der Waals surface area contributed by atoms with Gasteiger partial charge in [0.25, 0.3) is 0 Å². The topological polar surface area (TPSA) is 65.4 Å². The Labute approximate surface area is 186 Å². The third kappa shape index (κ3) is 3.09. The Kier molecular flexibility index (Phi) is 5.19. The minimum atomic E-state index is -0.677. The van der Waals surface area contributed by atoms with Gasteiger partial charge in [0.1, 0.15) is 0 Å². The molecule has 3 saturated carbocycles. The van der Waals surface area contributed by atoms with Crippen LogP contribution in [0.25, 0.3) is 5.57 Å². The van der Waals surface area contributed by atoms with Crippen LogP contribution in [0.3, 0.4) is 0 Å². The molecule has 1 spiro atoms. The number of hydrogen-bond acceptors (Lipinski definition) is 4. The number of aliphatic hydroxyl groups is 2. The molecule has 4 nitrogen and oxygen atoms in total. The van der Waals surface area contributed by atoms with Gasteiger partial charge in [-0.25, -0.2) is 0 Å². The molecule has 0 bridgehead atoms. The lowest BCUT2D eigenvalue weighted by Gasteiger charge is -2.49. The number of nitrogens with one attached hydrogen (secondary N) is 1. The quantitative estimate of drug-likeness (QED) is 0.589. The summed E-state index contributed by atoms with van der Waals surface area (Å²) in [5.41, 5.74) is 3.52. The molecule has 4 heteroatoms. The van der Waals surface area contributed by atoms with Gasteiger partial charge in [-0.3, -0.25) is 4.98 Å². The lowest BCUT2D eigenvalue weighted by Crippen LogP contribution is -2.49. The van der Waals surface area contributed by atoms with Crippen LogP contribution in [-0.4, -0.2) is 41.0 Å². The summed E-state index contributed by atoms with van der Waals surface area (Å²) in [5.74, 6) is 1.46. The van der Waals surface area contributed by atoms with Crippen LogP contribution in [0.5, 0.6) is 0 Å². The number of hydrogen-bond donors (Lipinski definition) is 3. The smallest absolute Gasteiger partial charge is 0.0899 e. The van der Waals surface area contributed by atoms with Crippen LogP contribution in [0.1, 0.15) is 63.9 Å². The molecule has 3 N–H and O–H groups in total.